The number of nitrogens with zero attached hydrogens (tertiary/aromatic N) is 2. The van der Waals surface area contributed by atoms with Gasteiger partial charge in [0, 0.05) is 30.1 Å². The maximum atomic E-state index is 13.6. The molecule has 146 valence electrons. The molecule has 2 aromatic rings. The summed E-state index contributed by atoms with van der Waals surface area (Å²) in [4.78, 5) is 30.6. The van der Waals surface area contributed by atoms with Crippen molar-refractivity contribution in [3.05, 3.63) is 56.7 Å². The fraction of sp³-hybridized carbons (Fsp3) is 0.455. The molecule has 1 spiro atoms. The number of hydrogen-bond donors (Lipinski definition) is 0. The Hall–Kier alpha value is -1.69. The van der Waals surface area contributed by atoms with Crippen molar-refractivity contribution in [3.8, 4) is 0 Å². The Morgan fingerprint density at radius 1 is 1.36 bits per heavy atom. The maximum Gasteiger partial charge on any atom is 0.243 e. The molecule has 3 saturated heterocycles. The summed E-state index contributed by atoms with van der Waals surface area (Å²) in [6.45, 7) is 4.02. The number of halogens is 1. The van der Waals surface area contributed by atoms with Gasteiger partial charge in [0.1, 0.15) is 5.54 Å². The number of benzene rings is 1. The first-order chi connectivity index (χ1) is 13.5. The summed E-state index contributed by atoms with van der Waals surface area (Å²) in [5.41, 5.74) is 1.95. The Morgan fingerprint density at radius 2 is 2.21 bits per heavy atom. The Labute approximate surface area is 174 Å². The van der Waals surface area contributed by atoms with Crippen molar-refractivity contribution in [1.82, 2.24) is 9.80 Å². The van der Waals surface area contributed by atoms with Gasteiger partial charge in [-0.2, -0.15) is 0 Å². The number of hydrogen-bond acceptors (Lipinski definition) is 4. The highest BCUT2D eigenvalue weighted by Crippen LogP contribution is 2.56. The summed E-state index contributed by atoms with van der Waals surface area (Å²) in [5, 5.41) is 2.83. The average Bonchev–Trinajstić information content (AvgIpc) is 3.39. The van der Waals surface area contributed by atoms with Crippen LogP contribution >= 0.6 is 22.9 Å². The van der Waals surface area contributed by atoms with Crippen molar-refractivity contribution in [1.29, 1.82) is 0 Å². The SMILES string of the molecule is CC(=O)c1cc([C@@H]2C[C@H]3CN(Cc4cccc(Cl)c4)C(=O)[C@]34CCCN24)cs1. The lowest BCUT2D eigenvalue weighted by Gasteiger charge is -2.33. The van der Waals surface area contributed by atoms with E-state index in [1.807, 2.05) is 35.2 Å². The molecular formula is C22H23ClN2O2S. The smallest absolute Gasteiger partial charge is 0.243 e. The third-order valence-corrected chi connectivity index (χ3v) is 8.03. The number of thiophene rings is 1. The zero-order chi connectivity index (χ0) is 19.5. The standard InChI is InChI=1S/C22H23ClN2O2S/c1-14(26)20-9-16(13-28-20)19-10-17-12-24(11-15-4-2-5-18(23)8-15)21(27)22(17)6-3-7-25(19)22/h2,4-5,8-9,13,17,19H,3,6-7,10-12H2,1H3/t17-,19-,22-/m0/s1. The number of Topliss-reactive ketones (excluding diaryl/α,β-unsaturated/α-hetero) is 1. The average molecular weight is 415 g/mol. The van der Waals surface area contributed by atoms with Crippen molar-refractivity contribution < 1.29 is 9.59 Å². The van der Waals surface area contributed by atoms with Gasteiger partial charge in [-0.1, -0.05) is 23.7 Å². The van der Waals surface area contributed by atoms with Gasteiger partial charge < -0.3 is 4.90 Å². The van der Waals surface area contributed by atoms with E-state index < -0.39 is 0 Å². The first kappa shape index (κ1) is 18.3. The highest BCUT2D eigenvalue weighted by atomic mass is 35.5. The van der Waals surface area contributed by atoms with Crippen LogP contribution in [0.15, 0.2) is 35.7 Å². The molecule has 6 heteroatoms. The predicted octanol–water partition coefficient (Wildman–Crippen LogP) is 4.54. The lowest BCUT2D eigenvalue weighted by atomic mass is 9.85. The lowest BCUT2D eigenvalue weighted by Crippen LogP contribution is -2.49. The third-order valence-electron chi connectivity index (χ3n) is 6.74. The molecule has 1 amide bonds. The van der Waals surface area contributed by atoms with Crippen LogP contribution in [-0.2, 0) is 11.3 Å². The van der Waals surface area contributed by atoms with Gasteiger partial charge in [-0.3, -0.25) is 14.5 Å². The van der Waals surface area contributed by atoms with Crippen LogP contribution in [0.5, 0.6) is 0 Å². The van der Waals surface area contributed by atoms with Crippen LogP contribution in [0.25, 0.3) is 0 Å². The van der Waals surface area contributed by atoms with E-state index in [0.717, 1.165) is 42.8 Å². The summed E-state index contributed by atoms with van der Waals surface area (Å²) in [5.74, 6) is 0.751. The van der Waals surface area contributed by atoms with Crippen LogP contribution < -0.4 is 0 Å². The molecule has 1 aromatic heterocycles. The molecule has 5 rings (SSSR count). The second kappa shape index (κ2) is 6.68. The normalized spacial score (nSPS) is 29.4. The zero-order valence-electron chi connectivity index (χ0n) is 15.9. The van der Waals surface area contributed by atoms with Gasteiger partial charge in [0.2, 0.25) is 5.91 Å². The second-order valence-electron chi connectivity index (χ2n) is 8.29. The van der Waals surface area contributed by atoms with Crippen molar-refractivity contribution >= 4 is 34.6 Å². The Kier molecular flexibility index (Phi) is 4.38. The Morgan fingerprint density at radius 3 is 2.96 bits per heavy atom. The van der Waals surface area contributed by atoms with Crippen molar-refractivity contribution in [3.63, 3.8) is 0 Å². The van der Waals surface area contributed by atoms with E-state index in [9.17, 15) is 9.59 Å². The fourth-order valence-corrected chi connectivity index (χ4v) is 6.67. The molecule has 0 aliphatic carbocycles. The van der Waals surface area contributed by atoms with E-state index in [0.29, 0.717) is 17.5 Å². The van der Waals surface area contributed by atoms with E-state index in [-0.39, 0.29) is 23.3 Å². The van der Waals surface area contributed by atoms with Crippen molar-refractivity contribution in [2.24, 2.45) is 5.92 Å². The highest BCUT2D eigenvalue weighted by molar-refractivity contribution is 7.12. The highest BCUT2D eigenvalue weighted by Gasteiger charge is 2.65. The van der Waals surface area contributed by atoms with Crippen LogP contribution in [0.1, 0.15) is 53.0 Å². The van der Waals surface area contributed by atoms with Gasteiger partial charge >= 0.3 is 0 Å². The zero-order valence-corrected chi connectivity index (χ0v) is 17.4. The molecule has 28 heavy (non-hydrogen) atoms. The van der Waals surface area contributed by atoms with Gasteiger partial charge in [0.15, 0.2) is 5.78 Å². The van der Waals surface area contributed by atoms with E-state index in [1.165, 1.54) is 16.9 Å². The summed E-state index contributed by atoms with van der Waals surface area (Å²) < 4.78 is 0. The summed E-state index contributed by atoms with van der Waals surface area (Å²) >= 11 is 7.65. The van der Waals surface area contributed by atoms with Crippen molar-refractivity contribution in [2.45, 2.75) is 44.3 Å². The first-order valence-electron chi connectivity index (χ1n) is 9.89. The molecule has 3 fully saturated rings. The molecule has 1 aromatic carbocycles. The van der Waals surface area contributed by atoms with Gasteiger partial charge in [0.25, 0.3) is 0 Å². The largest absolute Gasteiger partial charge is 0.336 e. The van der Waals surface area contributed by atoms with E-state index in [2.05, 4.69) is 10.3 Å². The summed E-state index contributed by atoms with van der Waals surface area (Å²) in [6, 6.07) is 10.1. The summed E-state index contributed by atoms with van der Waals surface area (Å²) in [7, 11) is 0. The number of carbonyl (C=O) groups is 2. The first-order valence-corrected chi connectivity index (χ1v) is 11.1. The molecule has 3 aliphatic rings. The molecular weight excluding hydrogens is 392 g/mol. The molecule has 0 radical (unpaired) electrons. The molecule has 4 nitrogen and oxygen atoms in total. The molecule has 3 aliphatic heterocycles. The van der Waals surface area contributed by atoms with Crippen molar-refractivity contribution in [2.75, 3.05) is 13.1 Å². The predicted molar refractivity (Wildman–Crippen MR) is 111 cm³/mol. The minimum atomic E-state index is -0.346. The van der Waals surface area contributed by atoms with E-state index >= 15 is 0 Å². The second-order valence-corrected chi connectivity index (χ2v) is 9.63. The minimum absolute atomic E-state index is 0.120. The van der Waals surface area contributed by atoms with Crippen LogP contribution in [0, 0.1) is 5.92 Å². The molecule has 0 bridgehead atoms. The molecule has 0 unspecified atom stereocenters. The number of likely N-dealkylation sites (tertiary alicyclic amines) is 1. The van der Waals surface area contributed by atoms with Crippen LogP contribution in [0.2, 0.25) is 5.02 Å². The van der Waals surface area contributed by atoms with Crippen LogP contribution in [0.3, 0.4) is 0 Å². The van der Waals surface area contributed by atoms with Gasteiger partial charge in [0.05, 0.1) is 4.88 Å². The monoisotopic (exact) mass is 414 g/mol. The molecule has 3 atom stereocenters. The van der Waals surface area contributed by atoms with Gasteiger partial charge in [-0.05, 0) is 67.4 Å². The van der Waals surface area contributed by atoms with E-state index in [4.69, 9.17) is 11.6 Å². The quantitative estimate of drug-likeness (QED) is 0.689. The maximum absolute atomic E-state index is 13.6. The summed E-state index contributed by atoms with van der Waals surface area (Å²) in [6.07, 6.45) is 3.00. The number of ketones is 1. The van der Waals surface area contributed by atoms with Gasteiger partial charge in [-0.15, -0.1) is 11.3 Å². The Bertz CT molecular complexity index is 958. The number of carbonyl (C=O) groups excluding carboxylic acids is 2. The number of amides is 1. The third kappa shape index (κ3) is 2.67. The fourth-order valence-electron chi connectivity index (χ4n) is 5.60. The van der Waals surface area contributed by atoms with Crippen LogP contribution in [0.4, 0.5) is 0 Å². The topological polar surface area (TPSA) is 40.6 Å². The van der Waals surface area contributed by atoms with Crippen LogP contribution in [-0.4, -0.2) is 40.1 Å². The Balaban J connectivity index is 1.41. The molecule has 0 N–H and O–H groups in total. The molecule has 4 heterocycles. The lowest BCUT2D eigenvalue weighted by molar-refractivity contribution is -0.137. The van der Waals surface area contributed by atoms with Gasteiger partial charge in [-0.25, -0.2) is 0 Å². The molecule has 0 saturated carbocycles. The minimum Gasteiger partial charge on any atom is -0.336 e. The number of rotatable bonds is 4. The van der Waals surface area contributed by atoms with E-state index in [1.54, 1.807) is 6.92 Å².